The highest BCUT2D eigenvalue weighted by Crippen LogP contribution is 2.35. The second-order valence-corrected chi connectivity index (χ2v) is 14.3. The monoisotopic (exact) mass is 738 g/mol. The van der Waals surface area contributed by atoms with Crippen LogP contribution < -0.4 is 10.9 Å². The van der Waals surface area contributed by atoms with E-state index in [9.17, 15) is 38.0 Å². The number of rotatable bonds is 10. The largest absolute Gasteiger partial charge is 0.339 e. The number of thioether (sulfide) groups is 1. The number of hydrogen-bond donors (Lipinski definition) is 2. The number of carbonyl (C=O) groups is 6. The van der Waals surface area contributed by atoms with Gasteiger partial charge in [0.05, 0.1) is 27.8 Å². The molecule has 1 unspecified atom stereocenters. The molecule has 0 bridgehead atoms. The lowest BCUT2D eigenvalue weighted by Crippen LogP contribution is -2.54. The first-order valence-corrected chi connectivity index (χ1v) is 18.4. The second-order valence-electron chi connectivity index (χ2n) is 13.1. The number of imide groups is 2. The number of unbranched alkanes of at least 4 members (excludes halogenated alkanes) is 1. The molecular formula is C38H35FN6O7S. The van der Waals surface area contributed by atoms with E-state index in [1.807, 2.05) is 6.07 Å². The van der Waals surface area contributed by atoms with Crippen molar-refractivity contribution in [3.05, 3.63) is 105 Å². The first-order valence-electron chi connectivity index (χ1n) is 17.4. The van der Waals surface area contributed by atoms with Crippen LogP contribution >= 0.6 is 11.8 Å². The Hall–Kier alpha value is -5.70. The van der Waals surface area contributed by atoms with Gasteiger partial charge in [-0.15, -0.1) is 11.8 Å². The van der Waals surface area contributed by atoms with E-state index >= 15 is 0 Å². The third-order valence-electron chi connectivity index (χ3n) is 9.80. The van der Waals surface area contributed by atoms with E-state index in [4.69, 9.17) is 0 Å². The molecule has 1 atom stereocenters. The third kappa shape index (κ3) is 7.20. The Balaban J connectivity index is 0.883. The molecule has 0 spiro atoms. The first kappa shape index (κ1) is 35.7. The van der Waals surface area contributed by atoms with Crippen molar-refractivity contribution in [1.82, 2.24) is 30.2 Å². The van der Waals surface area contributed by atoms with Crippen LogP contribution in [0.4, 0.5) is 4.39 Å². The molecule has 0 saturated carbocycles. The number of benzene rings is 3. The summed E-state index contributed by atoms with van der Waals surface area (Å²) in [5.41, 5.74) is 1.38. The molecule has 53 heavy (non-hydrogen) atoms. The maximum Gasteiger partial charge on any atom is 0.272 e. The Bertz CT molecular complexity index is 2230. The van der Waals surface area contributed by atoms with Gasteiger partial charge in [0.2, 0.25) is 17.7 Å². The van der Waals surface area contributed by atoms with Gasteiger partial charge < -0.3 is 9.80 Å². The van der Waals surface area contributed by atoms with Crippen molar-refractivity contribution in [3.8, 4) is 0 Å². The fraction of sp³-hybridized carbons (Fsp3) is 0.316. The molecule has 1 aromatic heterocycles. The van der Waals surface area contributed by atoms with Gasteiger partial charge in [-0.25, -0.2) is 9.49 Å². The Labute approximate surface area is 306 Å². The van der Waals surface area contributed by atoms with Crippen molar-refractivity contribution in [1.29, 1.82) is 0 Å². The molecule has 272 valence electrons. The van der Waals surface area contributed by atoms with Crippen molar-refractivity contribution in [2.24, 2.45) is 0 Å². The molecule has 2 fully saturated rings. The molecule has 6 amide bonds. The molecule has 0 radical (unpaired) electrons. The number of carbonyl (C=O) groups excluding carboxylic acids is 6. The van der Waals surface area contributed by atoms with Crippen molar-refractivity contribution in [2.75, 3.05) is 31.9 Å². The van der Waals surface area contributed by atoms with Crippen LogP contribution in [0.1, 0.15) is 74.4 Å². The number of piperazine rings is 1. The summed E-state index contributed by atoms with van der Waals surface area (Å²) in [4.78, 5) is 93.8. The number of hydrogen-bond acceptors (Lipinski definition) is 9. The van der Waals surface area contributed by atoms with Crippen molar-refractivity contribution >= 4 is 58.0 Å². The molecule has 3 aliphatic heterocycles. The molecule has 0 aliphatic carbocycles. The van der Waals surface area contributed by atoms with E-state index in [1.165, 1.54) is 23.9 Å². The Kier molecular flexibility index (Phi) is 10.2. The predicted molar refractivity (Wildman–Crippen MR) is 192 cm³/mol. The standard InChI is InChI=1S/C38H35FN6O7S/c39-27-12-11-22(21-28-23-6-1-2-7-24(23)34(48)42-41-28)20-26(27)36(50)44-17-15-43(16-18-44)32(47)10-3-4-19-53-30-9-5-8-25-33(30)38(52)45(37(25)51)29-13-14-31(46)40-35(29)49/h1-2,5-9,11-12,20,29H,3-4,10,13-19,21H2,(H,42,48)(H,40,46,49). The van der Waals surface area contributed by atoms with Gasteiger partial charge in [-0.2, -0.15) is 5.10 Å². The topological polar surface area (TPSA) is 170 Å². The maximum atomic E-state index is 14.9. The lowest BCUT2D eigenvalue weighted by atomic mass is 10.0. The summed E-state index contributed by atoms with van der Waals surface area (Å²) < 4.78 is 14.9. The van der Waals surface area contributed by atoms with E-state index in [1.54, 1.807) is 52.3 Å². The number of amides is 6. The zero-order chi connectivity index (χ0) is 37.2. The highest BCUT2D eigenvalue weighted by molar-refractivity contribution is 7.99. The highest BCUT2D eigenvalue weighted by Gasteiger charge is 2.45. The molecule has 4 heterocycles. The number of H-pyrrole nitrogens is 1. The zero-order valence-corrected chi connectivity index (χ0v) is 29.4. The molecule has 2 N–H and O–H groups in total. The van der Waals surface area contributed by atoms with Crippen LogP contribution in [0.3, 0.4) is 0 Å². The normalized spacial score (nSPS) is 17.4. The van der Waals surface area contributed by atoms with E-state index in [0.717, 1.165) is 4.90 Å². The zero-order valence-electron chi connectivity index (χ0n) is 28.6. The van der Waals surface area contributed by atoms with E-state index < -0.39 is 41.4 Å². The van der Waals surface area contributed by atoms with E-state index in [-0.39, 0.29) is 60.5 Å². The fourth-order valence-electron chi connectivity index (χ4n) is 7.00. The van der Waals surface area contributed by atoms with Crippen LogP contribution in [-0.4, -0.2) is 98.3 Å². The van der Waals surface area contributed by atoms with Crippen LogP contribution in [-0.2, 0) is 20.8 Å². The van der Waals surface area contributed by atoms with Gasteiger partial charge >= 0.3 is 0 Å². The molecule has 2 saturated heterocycles. The van der Waals surface area contributed by atoms with Gasteiger partial charge in [0.1, 0.15) is 11.9 Å². The molecule has 4 aromatic rings. The van der Waals surface area contributed by atoms with Crippen LogP contribution in [0.5, 0.6) is 0 Å². The molecule has 3 aromatic carbocycles. The molecule has 15 heteroatoms. The average molecular weight is 739 g/mol. The third-order valence-corrected chi connectivity index (χ3v) is 10.9. The number of nitrogens with one attached hydrogen (secondary N) is 2. The number of nitrogens with zero attached hydrogens (tertiary/aromatic N) is 4. The Morgan fingerprint density at radius 2 is 1.62 bits per heavy atom. The van der Waals surface area contributed by atoms with Gasteiger partial charge in [-0.05, 0) is 60.9 Å². The summed E-state index contributed by atoms with van der Waals surface area (Å²) in [5.74, 6) is -2.75. The molecule has 3 aliphatic rings. The summed E-state index contributed by atoms with van der Waals surface area (Å²) in [6.45, 7) is 1.17. The van der Waals surface area contributed by atoms with E-state index in [0.29, 0.717) is 65.0 Å². The molecule has 7 rings (SSSR count). The van der Waals surface area contributed by atoms with Crippen molar-refractivity contribution in [2.45, 2.75) is 49.5 Å². The number of aromatic nitrogens is 2. The van der Waals surface area contributed by atoms with Crippen molar-refractivity contribution < 1.29 is 33.2 Å². The van der Waals surface area contributed by atoms with Crippen LogP contribution in [0.2, 0.25) is 0 Å². The minimum absolute atomic E-state index is 0.0443. The van der Waals surface area contributed by atoms with Gasteiger partial charge in [-0.1, -0.05) is 30.3 Å². The number of aromatic amines is 1. The number of piperidine rings is 1. The maximum absolute atomic E-state index is 14.9. The van der Waals surface area contributed by atoms with Gasteiger partial charge in [0.25, 0.3) is 23.3 Å². The minimum atomic E-state index is -1.03. The minimum Gasteiger partial charge on any atom is -0.339 e. The van der Waals surface area contributed by atoms with E-state index in [2.05, 4.69) is 15.5 Å². The predicted octanol–water partition coefficient (Wildman–Crippen LogP) is 3.30. The summed E-state index contributed by atoms with van der Waals surface area (Å²) in [6.07, 6.45) is 1.97. The lowest BCUT2D eigenvalue weighted by Gasteiger charge is -2.35. The SMILES string of the molecule is O=C1CCC(N2C(=O)c3cccc(SCCCCC(=O)N4CCN(C(=O)c5cc(Cc6n[nH]c(=O)c7ccccc67)ccc5F)CC4)c3C2=O)C(=O)N1. The first-order chi connectivity index (χ1) is 25.6. The summed E-state index contributed by atoms with van der Waals surface area (Å²) in [7, 11) is 0. The number of halogens is 1. The van der Waals surface area contributed by atoms with Crippen LogP contribution in [0.15, 0.2) is 70.4 Å². The van der Waals surface area contributed by atoms with Crippen LogP contribution in [0, 0.1) is 5.82 Å². The summed E-state index contributed by atoms with van der Waals surface area (Å²) in [5, 5.41) is 10.1. The van der Waals surface area contributed by atoms with Gasteiger partial charge in [0.15, 0.2) is 0 Å². The molecular weight excluding hydrogens is 704 g/mol. The highest BCUT2D eigenvalue weighted by atomic mass is 32.2. The van der Waals surface area contributed by atoms with Crippen LogP contribution in [0.25, 0.3) is 10.8 Å². The van der Waals surface area contributed by atoms with Gasteiger partial charge in [0, 0.05) is 55.7 Å². The second kappa shape index (κ2) is 15.1. The fourth-order valence-corrected chi connectivity index (χ4v) is 8.08. The van der Waals surface area contributed by atoms with Crippen molar-refractivity contribution in [3.63, 3.8) is 0 Å². The number of fused-ring (bicyclic) bond motifs is 2. The summed E-state index contributed by atoms with van der Waals surface area (Å²) in [6, 6.07) is 15.4. The quantitative estimate of drug-likeness (QED) is 0.141. The van der Waals surface area contributed by atoms with Gasteiger partial charge in [-0.3, -0.25) is 43.8 Å². The Morgan fingerprint density at radius 3 is 2.40 bits per heavy atom. The summed E-state index contributed by atoms with van der Waals surface area (Å²) >= 11 is 1.40. The smallest absolute Gasteiger partial charge is 0.272 e. The average Bonchev–Trinajstić information content (AvgIpc) is 3.42. The lowest BCUT2D eigenvalue weighted by molar-refractivity contribution is -0.136. The Morgan fingerprint density at radius 1 is 0.868 bits per heavy atom. The molecule has 13 nitrogen and oxygen atoms in total.